The Bertz CT molecular complexity index is 904. The third-order valence-corrected chi connectivity index (χ3v) is 5.71. The molecule has 2 amide bonds. The van der Waals surface area contributed by atoms with Gasteiger partial charge in [-0.2, -0.15) is 0 Å². The number of hydrogen-bond acceptors (Lipinski definition) is 4. The summed E-state index contributed by atoms with van der Waals surface area (Å²) in [7, 11) is 0. The molecule has 0 bridgehead atoms. The van der Waals surface area contributed by atoms with E-state index in [0.717, 1.165) is 5.56 Å². The molecule has 0 aliphatic heterocycles. The lowest BCUT2D eigenvalue weighted by atomic mass is 10.0. The average Bonchev–Trinajstić information content (AvgIpc) is 2.71. The molecule has 2 aromatic rings. The topological polar surface area (TPSA) is 116 Å². The lowest BCUT2D eigenvalue weighted by Gasteiger charge is -2.21. The summed E-state index contributed by atoms with van der Waals surface area (Å²) in [4.78, 5) is 36.3. The maximum Gasteiger partial charge on any atom is 0.326 e. The van der Waals surface area contributed by atoms with Gasteiger partial charge in [0.1, 0.15) is 17.8 Å². The van der Waals surface area contributed by atoms with Gasteiger partial charge in [-0.1, -0.05) is 30.3 Å². The number of rotatable bonds is 8. The molecular weight excluding hydrogens is 602 g/mol. The van der Waals surface area contributed by atoms with E-state index in [2.05, 4.69) is 10.6 Å². The number of nitrogens with one attached hydrogen (secondary N) is 2. The first-order chi connectivity index (χ1) is 14.2. The van der Waals surface area contributed by atoms with E-state index < -0.39 is 36.8 Å². The zero-order valence-corrected chi connectivity index (χ0v) is 19.5. The number of hydrogen-bond donors (Lipinski definition) is 4. The molecule has 0 aliphatic carbocycles. The van der Waals surface area contributed by atoms with Crippen LogP contribution in [0, 0.1) is 7.14 Å². The summed E-state index contributed by atoms with van der Waals surface area (Å²) < 4.78 is 8.34. The third kappa shape index (κ3) is 7.14. The molecule has 29 heavy (non-hydrogen) atoms. The number of halogens is 2. The maximum absolute atomic E-state index is 12.8. The molecular formula is C20H20I2N2O5. The van der Waals surface area contributed by atoms with Gasteiger partial charge in [-0.05, 0) is 68.4 Å². The van der Waals surface area contributed by atoms with Crippen LogP contribution in [-0.4, -0.2) is 40.1 Å². The van der Waals surface area contributed by atoms with Crippen molar-refractivity contribution in [2.75, 3.05) is 0 Å². The van der Waals surface area contributed by atoms with Crippen molar-refractivity contribution in [2.24, 2.45) is 0 Å². The van der Waals surface area contributed by atoms with Gasteiger partial charge < -0.3 is 20.8 Å². The van der Waals surface area contributed by atoms with Gasteiger partial charge in [-0.3, -0.25) is 9.59 Å². The van der Waals surface area contributed by atoms with Crippen molar-refractivity contribution in [1.82, 2.24) is 10.6 Å². The minimum Gasteiger partial charge on any atom is -0.506 e. The summed E-state index contributed by atoms with van der Waals surface area (Å²) in [6.07, 6.45) is 0.178. The minimum absolute atomic E-state index is 0.0117. The van der Waals surface area contributed by atoms with Crippen LogP contribution in [0.1, 0.15) is 19.4 Å². The Kier molecular flexibility index (Phi) is 8.09. The number of phenols is 1. The van der Waals surface area contributed by atoms with Crippen molar-refractivity contribution in [1.29, 1.82) is 0 Å². The Morgan fingerprint density at radius 3 is 2.14 bits per heavy atom. The first-order valence-corrected chi connectivity index (χ1v) is 10.7. The minimum atomic E-state index is -1.22. The highest BCUT2D eigenvalue weighted by Gasteiger charge is 2.26. The van der Waals surface area contributed by atoms with Gasteiger partial charge in [0, 0.05) is 21.1 Å². The van der Waals surface area contributed by atoms with E-state index in [-0.39, 0.29) is 18.6 Å². The largest absolute Gasteiger partial charge is 0.506 e. The van der Waals surface area contributed by atoms with Crippen molar-refractivity contribution >= 4 is 63.0 Å². The number of carboxylic acid groups (broad SMARTS) is 1. The lowest BCUT2D eigenvalue weighted by Crippen LogP contribution is -2.52. The maximum atomic E-state index is 12.8. The van der Waals surface area contributed by atoms with Crippen LogP contribution in [0.2, 0.25) is 0 Å². The van der Waals surface area contributed by atoms with E-state index in [1.165, 1.54) is 0 Å². The van der Waals surface area contributed by atoms with Crippen molar-refractivity contribution in [3.8, 4) is 5.75 Å². The normalized spacial score (nSPS) is 13.1. The summed E-state index contributed by atoms with van der Waals surface area (Å²) in [6.45, 7) is -0.536. The summed E-state index contributed by atoms with van der Waals surface area (Å²) in [6, 6.07) is 10.1. The number of carboxylic acids is 1. The Morgan fingerprint density at radius 2 is 1.59 bits per heavy atom. The molecule has 0 saturated carbocycles. The molecule has 4 N–H and O–H groups in total. The molecule has 2 aromatic carbocycles. The molecule has 2 rings (SSSR count). The van der Waals surface area contributed by atoms with E-state index in [1.54, 1.807) is 36.4 Å². The van der Waals surface area contributed by atoms with E-state index >= 15 is 0 Å². The first kappa shape index (κ1) is 21.8. The molecule has 0 aliphatic rings. The first-order valence-electron chi connectivity index (χ1n) is 9.24. The molecule has 7 nitrogen and oxygen atoms in total. The van der Waals surface area contributed by atoms with Crippen molar-refractivity contribution in [2.45, 2.75) is 31.8 Å². The molecule has 0 unspecified atom stereocenters. The molecule has 0 radical (unpaired) electrons. The molecule has 154 valence electrons. The predicted octanol–water partition coefficient (Wildman–Crippen LogP) is 2.46. The lowest BCUT2D eigenvalue weighted by molar-refractivity contribution is -0.142. The van der Waals surface area contributed by atoms with Gasteiger partial charge in [0.15, 0.2) is 0 Å². The molecule has 0 spiro atoms. The van der Waals surface area contributed by atoms with Gasteiger partial charge in [-0.15, -0.1) is 0 Å². The van der Waals surface area contributed by atoms with E-state index in [4.69, 9.17) is 1.37 Å². The summed E-state index contributed by atoms with van der Waals surface area (Å²) in [5, 5.41) is 24.4. The SMILES string of the molecule is [2H]CC(=O)N[C@@H](Cc1ccccc1)C(=O)N[C@@H](Cc1cc(I)c(O)c(I)c1)C(=O)O. The van der Waals surface area contributed by atoms with Gasteiger partial charge in [0.05, 0.1) is 7.14 Å². The van der Waals surface area contributed by atoms with Crippen molar-refractivity contribution in [3.63, 3.8) is 0 Å². The Labute approximate surface area is 197 Å². The zero-order valence-electron chi connectivity index (χ0n) is 16.2. The highest BCUT2D eigenvalue weighted by molar-refractivity contribution is 14.1. The van der Waals surface area contributed by atoms with Crippen molar-refractivity contribution in [3.05, 3.63) is 60.7 Å². The summed E-state index contributed by atoms with van der Waals surface area (Å²) in [5.41, 5.74) is 1.43. The second-order valence-corrected chi connectivity index (χ2v) is 8.65. The third-order valence-electron chi connectivity index (χ3n) is 4.07. The van der Waals surface area contributed by atoms with Crippen LogP contribution in [0.25, 0.3) is 0 Å². The van der Waals surface area contributed by atoms with Crippen LogP contribution < -0.4 is 10.6 Å². The van der Waals surface area contributed by atoms with Crippen LogP contribution in [0.5, 0.6) is 5.75 Å². The average molecular weight is 623 g/mol. The van der Waals surface area contributed by atoms with Crippen LogP contribution >= 0.6 is 45.2 Å². The van der Waals surface area contributed by atoms with E-state index in [1.807, 2.05) is 51.2 Å². The Hall–Kier alpha value is -1.89. The number of benzene rings is 2. The molecule has 0 heterocycles. The number of phenolic OH excluding ortho intramolecular Hbond substituents is 1. The second-order valence-electron chi connectivity index (χ2n) is 6.32. The number of aromatic hydroxyl groups is 1. The van der Waals surface area contributed by atoms with Gasteiger partial charge in [-0.25, -0.2) is 4.79 Å². The molecule has 9 heteroatoms. The smallest absolute Gasteiger partial charge is 0.326 e. The predicted molar refractivity (Wildman–Crippen MR) is 125 cm³/mol. The van der Waals surface area contributed by atoms with E-state index in [0.29, 0.717) is 12.7 Å². The monoisotopic (exact) mass is 623 g/mol. The molecule has 0 aromatic heterocycles. The molecule has 0 saturated heterocycles. The zero-order chi connectivity index (χ0) is 22.3. The van der Waals surface area contributed by atoms with Crippen LogP contribution in [0.3, 0.4) is 0 Å². The summed E-state index contributed by atoms with van der Waals surface area (Å²) in [5.74, 6) is -2.36. The van der Waals surface area contributed by atoms with Crippen LogP contribution in [0.4, 0.5) is 0 Å². The Balaban J connectivity index is 2.18. The van der Waals surface area contributed by atoms with Crippen molar-refractivity contribution < 1.29 is 26.0 Å². The fourth-order valence-corrected chi connectivity index (χ4v) is 4.59. The molecule has 0 fully saturated rings. The fraction of sp³-hybridized carbons (Fsp3) is 0.250. The quantitative estimate of drug-likeness (QED) is 0.338. The highest BCUT2D eigenvalue weighted by atomic mass is 127. The van der Waals surface area contributed by atoms with Gasteiger partial charge in [0.25, 0.3) is 0 Å². The number of aliphatic carboxylic acids is 1. The molecule has 2 atom stereocenters. The Morgan fingerprint density at radius 1 is 1.00 bits per heavy atom. The number of carbonyl (C=O) groups excluding carboxylic acids is 2. The van der Waals surface area contributed by atoms with Gasteiger partial charge >= 0.3 is 5.97 Å². The van der Waals surface area contributed by atoms with Crippen LogP contribution in [-0.2, 0) is 27.2 Å². The van der Waals surface area contributed by atoms with Gasteiger partial charge in [0.2, 0.25) is 11.8 Å². The highest BCUT2D eigenvalue weighted by Crippen LogP contribution is 2.27. The fourth-order valence-electron chi connectivity index (χ4n) is 2.70. The summed E-state index contributed by atoms with van der Waals surface area (Å²) >= 11 is 3.90. The number of carbonyl (C=O) groups is 3. The number of amides is 2. The van der Waals surface area contributed by atoms with E-state index in [9.17, 15) is 24.6 Å². The second kappa shape index (κ2) is 10.8. The van der Waals surface area contributed by atoms with Crippen LogP contribution in [0.15, 0.2) is 42.5 Å². The standard InChI is InChI=1S/C20H20I2N2O5/c1-11(25)23-16(9-12-5-3-2-4-6-12)19(27)24-17(20(28)29)10-13-7-14(21)18(26)15(22)8-13/h2-8,16-17,26H,9-10H2,1H3,(H,23,25)(H,24,27)(H,28,29)/t16-,17-/m0/s1/i1D.